The summed E-state index contributed by atoms with van der Waals surface area (Å²) in [4.78, 5) is 43.4. The zero-order chi connectivity index (χ0) is 13.4. The van der Waals surface area contributed by atoms with Crippen LogP contribution in [-0.4, -0.2) is 37.0 Å². The fraction of sp³-hybridized carbons (Fsp3) is 0.333. The quantitative estimate of drug-likeness (QED) is 0.328. The van der Waals surface area contributed by atoms with Gasteiger partial charge in [-0.05, 0) is 6.92 Å². The molecule has 0 aromatic carbocycles. The van der Waals surface area contributed by atoms with Crippen molar-refractivity contribution < 1.29 is 28.7 Å². The molecule has 8 heteroatoms. The number of nitrogens with two attached hydrogens (primary N) is 2. The van der Waals surface area contributed by atoms with Crippen LogP contribution in [-0.2, 0) is 28.7 Å². The van der Waals surface area contributed by atoms with Crippen LogP contribution < -0.4 is 11.5 Å². The van der Waals surface area contributed by atoms with Crippen molar-refractivity contribution in [3.8, 4) is 0 Å². The van der Waals surface area contributed by atoms with Crippen molar-refractivity contribution in [1.82, 2.24) is 0 Å². The standard InChI is InChI=1S/C9H12N2O6/c1-5(9(15)17-8(14)4-11)2-6(12)16-7(13)3-10/h2H,3-4,10-11H2,1H3/b5-2-. The number of ether oxygens (including phenoxy) is 2. The van der Waals surface area contributed by atoms with E-state index in [-0.39, 0.29) is 5.57 Å². The van der Waals surface area contributed by atoms with Crippen molar-refractivity contribution in [2.75, 3.05) is 13.1 Å². The topological polar surface area (TPSA) is 139 Å². The van der Waals surface area contributed by atoms with Crippen LogP contribution in [0.25, 0.3) is 0 Å². The minimum absolute atomic E-state index is 0.207. The van der Waals surface area contributed by atoms with Gasteiger partial charge in [-0.3, -0.25) is 9.59 Å². The minimum Gasteiger partial charge on any atom is -0.389 e. The summed E-state index contributed by atoms with van der Waals surface area (Å²) >= 11 is 0. The van der Waals surface area contributed by atoms with Crippen LogP contribution in [0.5, 0.6) is 0 Å². The Hall–Kier alpha value is -2.06. The van der Waals surface area contributed by atoms with Crippen molar-refractivity contribution in [3.63, 3.8) is 0 Å². The molecule has 0 rings (SSSR count). The molecule has 17 heavy (non-hydrogen) atoms. The third kappa shape index (κ3) is 6.17. The number of esters is 4. The van der Waals surface area contributed by atoms with Crippen LogP contribution in [0.4, 0.5) is 0 Å². The molecule has 0 aromatic heterocycles. The van der Waals surface area contributed by atoms with Gasteiger partial charge in [-0.2, -0.15) is 0 Å². The lowest BCUT2D eigenvalue weighted by atomic mass is 10.3. The van der Waals surface area contributed by atoms with Crippen molar-refractivity contribution in [2.45, 2.75) is 6.92 Å². The molecule has 0 fully saturated rings. The first kappa shape index (κ1) is 14.9. The molecule has 0 unspecified atom stereocenters. The Labute approximate surface area is 96.5 Å². The highest BCUT2D eigenvalue weighted by Gasteiger charge is 2.14. The highest BCUT2D eigenvalue weighted by Crippen LogP contribution is 1.98. The monoisotopic (exact) mass is 244 g/mol. The van der Waals surface area contributed by atoms with Crippen LogP contribution in [0, 0.1) is 0 Å². The molecule has 0 saturated carbocycles. The average Bonchev–Trinajstić information content (AvgIpc) is 2.28. The number of rotatable bonds is 4. The molecule has 0 aliphatic heterocycles. The maximum Gasteiger partial charge on any atom is 0.341 e. The normalized spacial score (nSPS) is 10.6. The van der Waals surface area contributed by atoms with E-state index in [4.69, 9.17) is 11.5 Å². The van der Waals surface area contributed by atoms with Crippen molar-refractivity contribution in [1.29, 1.82) is 0 Å². The van der Waals surface area contributed by atoms with E-state index < -0.39 is 37.0 Å². The first-order chi connectivity index (χ1) is 7.90. The third-order valence-corrected chi connectivity index (χ3v) is 1.41. The zero-order valence-electron chi connectivity index (χ0n) is 9.10. The minimum atomic E-state index is -1.07. The smallest absolute Gasteiger partial charge is 0.341 e. The van der Waals surface area contributed by atoms with Gasteiger partial charge in [-0.15, -0.1) is 0 Å². The van der Waals surface area contributed by atoms with Gasteiger partial charge in [-0.25, -0.2) is 9.59 Å². The second kappa shape index (κ2) is 7.25. The lowest BCUT2D eigenvalue weighted by molar-refractivity contribution is -0.158. The summed E-state index contributed by atoms with van der Waals surface area (Å²) in [6.07, 6.45) is 0.708. The number of hydrogen-bond donors (Lipinski definition) is 2. The first-order valence-corrected chi connectivity index (χ1v) is 4.48. The SMILES string of the molecule is C/C(=C/C(=O)OC(=O)CN)C(=O)OC(=O)CN. The molecule has 0 amide bonds. The van der Waals surface area contributed by atoms with E-state index in [2.05, 4.69) is 9.47 Å². The summed E-state index contributed by atoms with van der Waals surface area (Å²) in [5.74, 6) is -3.99. The molecule has 0 atom stereocenters. The van der Waals surface area contributed by atoms with Gasteiger partial charge in [0.1, 0.15) is 0 Å². The molecule has 0 radical (unpaired) electrons. The molecule has 0 aliphatic rings. The molecule has 0 aromatic rings. The van der Waals surface area contributed by atoms with E-state index >= 15 is 0 Å². The Kier molecular flexibility index (Phi) is 6.37. The zero-order valence-corrected chi connectivity index (χ0v) is 9.10. The van der Waals surface area contributed by atoms with Gasteiger partial charge >= 0.3 is 23.9 Å². The van der Waals surface area contributed by atoms with E-state index in [0.29, 0.717) is 6.08 Å². The second-order valence-corrected chi connectivity index (χ2v) is 2.79. The van der Waals surface area contributed by atoms with Gasteiger partial charge in [-0.1, -0.05) is 0 Å². The molecule has 0 bridgehead atoms. The molecule has 0 saturated heterocycles. The molecule has 0 spiro atoms. The summed E-state index contributed by atoms with van der Waals surface area (Å²) in [5.41, 5.74) is 9.60. The fourth-order valence-electron chi connectivity index (χ4n) is 0.645. The van der Waals surface area contributed by atoms with E-state index in [1.165, 1.54) is 6.92 Å². The van der Waals surface area contributed by atoms with E-state index in [0.717, 1.165) is 0 Å². The van der Waals surface area contributed by atoms with Crippen LogP contribution in [0.1, 0.15) is 6.92 Å². The predicted molar refractivity (Wildman–Crippen MR) is 54.1 cm³/mol. The maximum absolute atomic E-state index is 11.1. The highest BCUT2D eigenvalue weighted by atomic mass is 16.6. The summed E-state index contributed by atoms with van der Waals surface area (Å²) in [6, 6.07) is 0. The van der Waals surface area contributed by atoms with Gasteiger partial charge in [0, 0.05) is 11.6 Å². The third-order valence-electron chi connectivity index (χ3n) is 1.41. The molecule has 0 heterocycles. The van der Waals surface area contributed by atoms with E-state index in [1.54, 1.807) is 0 Å². The molecule has 94 valence electrons. The predicted octanol–water partition coefficient (Wildman–Crippen LogP) is -2.01. The first-order valence-electron chi connectivity index (χ1n) is 4.48. The molecular weight excluding hydrogens is 232 g/mol. The molecule has 0 aliphatic carbocycles. The highest BCUT2D eigenvalue weighted by molar-refractivity contribution is 6.02. The molecular formula is C9H12N2O6. The second-order valence-electron chi connectivity index (χ2n) is 2.79. The van der Waals surface area contributed by atoms with Crippen LogP contribution in [0.3, 0.4) is 0 Å². The Morgan fingerprint density at radius 1 is 1.00 bits per heavy atom. The van der Waals surface area contributed by atoms with Gasteiger partial charge < -0.3 is 20.9 Å². The van der Waals surface area contributed by atoms with Crippen LogP contribution in [0.2, 0.25) is 0 Å². The van der Waals surface area contributed by atoms with Gasteiger partial charge in [0.25, 0.3) is 0 Å². The van der Waals surface area contributed by atoms with Crippen LogP contribution in [0.15, 0.2) is 11.6 Å². The molecule has 4 N–H and O–H groups in total. The van der Waals surface area contributed by atoms with E-state index in [9.17, 15) is 19.2 Å². The average molecular weight is 244 g/mol. The van der Waals surface area contributed by atoms with Crippen LogP contribution >= 0.6 is 0 Å². The van der Waals surface area contributed by atoms with Crippen molar-refractivity contribution in [3.05, 3.63) is 11.6 Å². The number of carbonyl (C=O) groups excluding carboxylic acids is 4. The Morgan fingerprint density at radius 3 is 1.94 bits per heavy atom. The number of carbonyl (C=O) groups is 4. The van der Waals surface area contributed by atoms with Gasteiger partial charge in [0.05, 0.1) is 13.1 Å². The lowest BCUT2D eigenvalue weighted by Gasteiger charge is -2.01. The van der Waals surface area contributed by atoms with Crippen molar-refractivity contribution in [2.24, 2.45) is 11.5 Å². The van der Waals surface area contributed by atoms with Crippen molar-refractivity contribution >= 4 is 23.9 Å². The summed E-state index contributed by atoms with van der Waals surface area (Å²) in [6.45, 7) is 0.282. The van der Waals surface area contributed by atoms with E-state index in [1.807, 2.05) is 0 Å². The fourth-order valence-corrected chi connectivity index (χ4v) is 0.645. The molecule has 8 nitrogen and oxygen atoms in total. The Morgan fingerprint density at radius 2 is 1.47 bits per heavy atom. The summed E-state index contributed by atoms with van der Waals surface area (Å²) in [7, 11) is 0. The number of hydrogen-bond acceptors (Lipinski definition) is 8. The van der Waals surface area contributed by atoms with Gasteiger partial charge in [0.2, 0.25) is 0 Å². The Balaban J connectivity index is 4.42. The Bertz CT molecular complexity index is 374. The summed E-state index contributed by atoms with van der Waals surface area (Å²) in [5, 5.41) is 0. The lowest BCUT2D eigenvalue weighted by Crippen LogP contribution is -2.22. The van der Waals surface area contributed by atoms with Gasteiger partial charge in [0.15, 0.2) is 0 Å². The maximum atomic E-state index is 11.1. The largest absolute Gasteiger partial charge is 0.389 e. The summed E-state index contributed by atoms with van der Waals surface area (Å²) < 4.78 is 8.36.